The van der Waals surface area contributed by atoms with Crippen LogP contribution in [0.3, 0.4) is 0 Å². The van der Waals surface area contributed by atoms with Crippen LogP contribution in [0.1, 0.15) is 40.0 Å². The first-order valence-corrected chi connectivity index (χ1v) is 6.51. The average Bonchev–Trinajstić information content (AvgIpc) is 3.02. The number of rotatable bonds is 0. The van der Waals surface area contributed by atoms with Crippen molar-refractivity contribution in [2.45, 2.75) is 23.7 Å². The highest BCUT2D eigenvalue weighted by Crippen LogP contribution is 2.70. The number of halogens is 2. The van der Waals surface area contributed by atoms with E-state index < -0.39 is 17.8 Å². The van der Waals surface area contributed by atoms with Crippen molar-refractivity contribution in [1.82, 2.24) is 0 Å². The van der Waals surface area contributed by atoms with Crippen LogP contribution in [0.2, 0.25) is 0 Å². The quantitative estimate of drug-likeness (QED) is 0.651. The van der Waals surface area contributed by atoms with E-state index >= 15 is 0 Å². The first-order valence-electron chi connectivity index (χ1n) is 6.51. The molecular weight excluding hydrogens is 242 g/mol. The summed E-state index contributed by atoms with van der Waals surface area (Å²) in [5.41, 5.74) is 3.43. The maximum Gasteiger partial charge on any atom is 0.263 e. The summed E-state index contributed by atoms with van der Waals surface area (Å²) in [7, 11) is 0. The van der Waals surface area contributed by atoms with Gasteiger partial charge in [-0.25, -0.2) is 8.78 Å². The fourth-order valence-electron chi connectivity index (χ4n) is 3.49. The Morgan fingerprint density at radius 1 is 0.737 bits per heavy atom. The standard InChI is InChI=1S/C17H13F2/c1-10-11-6-2-4-8-13(11)15-16(17(15,18)19)14-9-5-3-7-12(10)14/h2-10,15-16H,1H2. The van der Waals surface area contributed by atoms with E-state index in [9.17, 15) is 8.78 Å². The van der Waals surface area contributed by atoms with Gasteiger partial charge < -0.3 is 0 Å². The SMILES string of the molecule is [CH2]C1c2ccccc2C2C(c3ccccc31)C2(F)F. The summed E-state index contributed by atoms with van der Waals surface area (Å²) in [6.45, 7) is 4.20. The Balaban J connectivity index is 2.02. The van der Waals surface area contributed by atoms with Crippen LogP contribution in [0.5, 0.6) is 0 Å². The van der Waals surface area contributed by atoms with Gasteiger partial charge >= 0.3 is 0 Å². The van der Waals surface area contributed by atoms with Crippen LogP contribution < -0.4 is 0 Å². The zero-order valence-electron chi connectivity index (χ0n) is 10.3. The van der Waals surface area contributed by atoms with Gasteiger partial charge in [-0.3, -0.25) is 0 Å². The van der Waals surface area contributed by atoms with Crippen molar-refractivity contribution < 1.29 is 8.78 Å². The molecule has 2 aromatic rings. The number of fused-ring (bicyclic) bond motifs is 5. The molecule has 2 aromatic carbocycles. The highest BCUT2D eigenvalue weighted by molar-refractivity contribution is 5.56. The van der Waals surface area contributed by atoms with Gasteiger partial charge in [-0.1, -0.05) is 48.5 Å². The molecule has 0 bridgehead atoms. The minimum absolute atomic E-state index is 0.0593. The van der Waals surface area contributed by atoms with Gasteiger partial charge in [-0.05, 0) is 29.2 Å². The number of hydrogen-bond donors (Lipinski definition) is 0. The van der Waals surface area contributed by atoms with Crippen LogP contribution in [0.25, 0.3) is 0 Å². The van der Waals surface area contributed by atoms with Crippen molar-refractivity contribution in [3.8, 4) is 0 Å². The Hall–Kier alpha value is -1.70. The first-order chi connectivity index (χ1) is 9.12. The molecule has 0 spiro atoms. The Kier molecular flexibility index (Phi) is 2.02. The normalized spacial score (nSPS) is 29.7. The van der Waals surface area contributed by atoms with Crippen molar-refractivity contribution in [1.29, 1.82) is 0 Å². The summed E-state index contributed by atoms with van der Waals surface area (Å²) in [5.74, 6) is -4.02. The Labute approximate surface area is 111 Å². The summed E-state index contributed by atoms with van der Waals surface area (Å²) in [4.78, 5) is 0. The second-order valence-electron chi connectivity index (χ2n) is 5.44. The molecule has 0 amide bonds. The van der Waals surface area contributed by atoms with Crippen molar-refractivity contribution in [3.63, 3.8) is 0 Å². The average molecular weight is 255 g/mol. The molecule has 0 saturated heterocycles. The van der Waals surface area contributed by atoms with Crippen molar-refractivity contribution >= 4 is 0 Å². The van der Waals surface area contributed by atoms with E-state index in [2.05, 4.69) is 6.92 Å². The van der Waals surface area contributed by atoms with Crippen LogP contribution in [0, 0.1) is 6.92 Å². The highest BCUT2D eigenvalue weighted by atomic mass is 19.3. The van der Waals surface area contributed by atoms with E-state index in [-0.39, 0.29) is 5.92 Å². The molecule has 2 aliphatic carbocycles. The summed E-state index contributed by atoms with van der Waals surface area (Å²) < 4.78 is 28.3. The van der Waals surface area contributed by atoms with Crippen LogP contribution in [-0.4, -0.2) is 5.92 Å². The summed E-state index contributed by atoms with van der Waals surface area (Å²) >= 11 is 0. The van der Waals surface area contributed by atoms with Gasteiger partial charge in [0.25, 0.3) is 5.92 Å². The molecule has 2 unspecified atom stereocenters. The van der Waals surface area contributed by atoms with Crippen molar-refractivity contribution in [3.05, 3.63) is 77.7 Å². The molecule has 2 atom stereocenters. The maximum absolute atomic E-state index is 14.1. The minimum Gasteiger partial charge on any atom is -0.205 e. The third-order valence-electron chi connectivity index (χ3n) is 4.47. The summed E-state index contributed by atoms with van der Waals surface area (Å²) in [5, 5.41) is 0. The maximum atomic E-state index is 14.1. The van der Waals surface area contributed by atoms with Crippen LogP contribution in [0.15, 0.2) is 48.5 Å². The summed E-state index contributed by atoms with van der Waals surface area (Å²) in [6, 6.07) is 15.0. The molecule has 1 fully saturated rings. The monoisotopic (exact) mass is 255 g/mol. The smallest absolute Gasteiger partial charge is 0.205 e. The number of benzene rings is 2. The zero-order valence-corrected chi connectivity index (χ0v) is 10.3. The molecule has 0 aliphatic heterocycles. The lowest BCUT2D eigenvalue weighted by Gasteiger charge is -2.18. The molecule has 4 rings (SSSR count). The largest absolute Gasteiger partial charge is 0.263 e. The van der Waals surface area contributed by atoms with Gasteiger partial charge in [0.1, 0.15) is 0 Å². The van der Waals surface area contributed by atoms with E-state index in [1.807, 2.05) is 48.5 Å². The fourth-order valence-corrected chi connectivity index (χ4v) is 3.49. The summed E-state index contributed by atoms with van der Waals surface area (Å²) in [6.07, 6.45) is 0. The Morgan fingerprint density at radius 2 is 1.11 bits per heavy atom. The van der Waals surface area contributed by atoms with Crippen LogP contribution in [-0.2, 0) is 0 Å². The molecule has 1 saturated carbocycles. The number of hydrogen-bond acceptors (Lipinski definition) is 0. The van der Waals surface area contributed by atoms with E-state index in [1.165, 1.54) is 0 Å². The third-order valence-corrected chi connectivity index (χ3v) is 4.47. The molecule has 0 nitrogen and oxygen atoms in total. The Morgan fingerprint density at radius 3 is 1.53 bits per heavy atom. The van der Waals surface area contributed by atoms with Gasteiger partial charge in [0, 0.05) is 5.92 Å². The lowest BCUT2D eigenvalue weighted by Crippen LogP contribution is -2.06. The molecule has 0 N–H and O–H groups in total. The van der Waals surface area contributed by atoms with E-state index in [0.717, 1.165) is 22.3 Å². The lowest BCUT2D eigenvalue weighted by molar-refractivity contribution is 0.104. The molecule has 0 aromatic heterocycles. The predicted octanol–water partition coefficient (Wildman–Crippen LogP) is 4.48. The van der Waals surface area contributed by atoms with E-state index in [4.69, 9.17) is 0 Å². The van der Waals surface area contributed by atoms with Crippen molar-refractivity contribution in [2.75, 3.05) is 0 Å². The fraction of sp³-hybridized carbons (Fsp3) is 0.235. The Bertz CT molecular complexity index is 604. The topological polar surface area (TPSA) is 0 Å². The van der Waals surface area contributed by atoms with Gasteiger partial charge in [0.05, 0.1) is 11.8 Å². The number of alkyl halides is 2. The van der Waals surface area contributed by atoms with Gasteiger partial charge in [-0.15, -0.1) is 0 Å². The van der Waals surface area contributed by atoms with Crippen LogP contribution >= 0.6 is 0 Å². The zero-order chi connectivity index (χ0) is 13.2. The van der Waals surface area contributed by atoms with Gasteiger partial charge in [-0.2, -0.15) is 0 Å². The lowest BCUT2D eigenvalue weighted by atomic mass is 9.88. The van der Waals surface area contributed by atoms with E-state index in [0.29, 0.717) is 0 Å². The van der Waals surface area contributed by atoms with Gasteiger partial charge in [0.15, 0.2) is 0 Å². The molecule has 2 heteroatoms. The second kappa shape index (κ2) is 3.44. The molecule has 19 heavy (non-hydrogen) atoms. The van der Waals surface area contributed by atoms with Gasteiger partial charge in [0.2, 0.25) is 0 Å². The molecular formula is C17H13F2. The minimum atomic E-state index is -2.62. The van der Waals surface area contributed by atoms with E-state index in [1.54, 1.807) is 0 Å². The molecule has 2 aliphatic rings. The molecule has 95 valence electrons. The molecule has 0 heterocycles. The predicted molar refractivity (Wildman–Crippen MR) is 70.5 cm³/mol. The third kappa shape index (κ3) is 1.32. The first kappa shape index (κ1) is 11.2. The highest BCUT2D eigenvalue weighted by Gasteiger charge is 2.70. The van der Waals surface area contributed by atoms with Crippen LogP contribution in [0.4, 0.5) is 8.78 Å². The second-order valence-corrected chi connectivity index (χ2v) is 5.44. The van der Waals surface area contributed by atoms with Crippen molar-refractivity contribution in [2.24, 2.45) is 0 Å². The molecule has 1 radical (unpaired) electrons.